The van der Waals surface area contributed by atoms with E-state index in [4.69, 9.17) is 0 Å². The molecule has 1 aliphatic heterocycles. The summed E-state index contributed by atoms with van der Waals surface area (Å²) in [6.07, 6.45) is 0.788. The summed E-state index contributed by atoms with van der Waals surface area (Å²) in [7, 11) is 0. The minimum Gasteiger partial charge on any atom is -0.316 e. The van der Waals surface area contributed by atoms with Crippen molar-refractivity contribution in [1.82, 2.24) is 5.32 Å². The van der Waals surface area contributed by atoms with Crippen molar-refractivity contribution in [1.29, 1.82) is 0 Å². The minimum atomic E-state index is -0.313. The Morgan fingerprint density at radius 3 is 2.80 bits per heavy atom. The molecule has 0 saturated carbocycles. The standard InChI is InChI=1S/C10H11BrN2O2/c11-9-2-1-8(3-7-5-12-6-7)10(4-9)13(14)15/h1-2,4,7,12H,3,5-6H2. The smallest absolute Gasteiger partial charge is 0.273 e. The van der Waals surface area contributed by atoms with Crippen LogP contribution in [0.1, 0.15) is 5.56 Å². The molecule has 0 spiro atoms. The van der Waals surface area contributed by atoms with Crippen LogP contribution in [0.15, 0.2) is 22.7 Å². The van der Waals surface area contributed by atoms with Crippen LogP contribution in [0.2, 0.25) is 0 Å². The quantitative estimate of drug-likeness (QED) is 0.676. The van der Waals surface area contributed by atoms with Crippen LogP contribution in [0.4, 0.5) is 5.69 Å². The molecule has 0 atom stereocenters. The molecule has 0 bridgehead atoms. The lowest BCUT2D eigenvalue weighted by Gasteiger charge is -2.26. The van der Waals surface area contributed by atoms with Crippen molar-refractivity contribution in [2.24, 2.45) is 5.92 Å². The van der Waals surface area contributed by atoms with Gasteiger partial charge in [-0.3, -0.25) is 10.1 Å². The van der Waals surface area contributed by atoms with Gasteiger partial charge in [0.25, 0.3) is 5.69 Å². The lowest BCUT2D eigenvalue weighted by molar-refractivity contribution is -0.385. The molecule has 1 fully saturated rings. The van der Waals surface area contributed by atoms with Gasteiger partial charge in [-0.05, 0) is 31.5 Å². The molecule has 1 aliphatic rings. The van der Waals surface area contributed by atoms with E-state index in [1.165, 1.54) is 0 Å². The lowest BCUT2D eigenvalue weighted by Crippen LogP contribution is -2.43. The zero-order chi connectivity index (χ0) is 10.8. The van der Waals surface area contributed by atoms with E-state index < -0.39 is 0 Å². The molecule has 5 heteroatoms. The maximum Gasteiger partial charge on any atom is 0.273 e. The Kier molecular flexibility index (Phi) is 3.02. The van der Waals surface area contributed by atoms with Crippen molar-refractivity contribution < 1.29 is 4.92 Å². The van der Waals surface area contributed by atoms with Gasteiger partial charge in [0.1, 0.15) is 0 Å². The largest absolute Gasteiger partial charge is 0.316 e. The average Bonchev–Trinajstić information content (AvgIpc) is 2.12. The van der Waals surface area contributed by atoms with Gasteiger partial charge in [0.15, 0.2) is 0 Å². The van der Waals surface area contributed by atoms with E-state index in [0.29, 0.717) is 5.92 Å². The maximum absolute atomic E-state index is 10.8. The molecule has 0 aromatic heterocycles. The van der Waals surface area contributed by atoms with Gasteiger partial charge < -0.3 is 5.32 Å². The fourth-order valence-corrected chi connectivity index (χ4v) is 2.03. The molecule has 4 nitrogen and oxygen atoms in total. The van der Waals surface area contributed by atoms with Gasteiger partial charge in [0.05, 0.1) is 4.92 Å². The summed E-state index contributed by atoms with van der Waals surface area (Å²) in [6, 6.07) is 5.26. The Bertz CT molecular complexity index is 391. The summed E-state index contributed by atoms with van der Waals surface area (Å²) in [5.74, 6) is 0.546. The van der Waals surface area contributed by atoms with E-state index in [-0.39, 0.29) is 10.6 Å². The molecule has 2 rings (SSSR count). The SMILES string of the molecule is O=[N+]([O-])c1cc(Br)ccc1CC1CNC1. The van der Waals surface area contributed by atoms with Gasteiger partial charge in [0.2, 0.25) is 0 Å². The third kappa shape index (κ3) is 2.35. The molecule has 0 amide bonds. The molecule has 15 heavy (non-hydrogen) atoms. The fraction of sp³-hybridized carbons (Fsp3) is 0.400. The van der Waals surface area contributed by atoms with Gasteiger partial charge in [0, 0.05) is 16.1 Å². The first-order valence-corrected chi connectivity index (χ1v) is 5.59. The molecular weight excluding hydrogens is 260 g/mol. The highest BCUT2D eigenvalue weighted by Gasteiger charge is 2.22. The molecule has 1 heterocycles. The summed E-state index contributed by atoms with van der Waals surface area (Å²) < 4.78 is 0.754. The summed E-state index contributed by atoms with van der Waals surface area (Å²) in [6.45, 7) is 1.93. The van der Waals surface area contributed by atoms with Gasteiger partial charge in [-0.1, -0.05) is 22.0 Å². The molecule has 0 aliphatic carbocycles. The monoisotopic (exact) mass is 270 g/mol. The van der Waals surface area contributed by atoms with Crippen molar-refractivity contribution in [3.63, 3.8) is 0 Å². The second-order valence-corrected chi connectivity index (χ2v) is 4.67. The van der Waals surface area contributed by atoms with Crippen LogP contribution in [0.25, 0.3) is 0 Å². The van der Waals surface area contributed by atoms with Crippen LogP contribution >= 0.6 is 15.9 Å². The summed E-state index contributed by atoms with van der Waals surface area (Å²) in [5.41, 5.74) is 1.05. The molecule has 1 saturated heterocycles. The normalized spacial score (nSPS) is 16.1. The number of hydrogen-bond acceptors (Lipinski definition) is 3. The van der Waals surface area contributed by atoms with Crippen molar-refractivity contribution in [3.05, 3.63) is 38.3 Å². The zero-order valence-corrected chi connectivity index (χ0v) is 9.66. The highest BCUT2D eigenvalue weighted by atomic mass is 79.9. The first-order valence-electron chi connectivity index (χ1n) is 4.80. The molecule has 1 aromatic rings. The Hall–Kier alpha value is -0.940. The average molecular weight is 271 g/mol. The molecule has 0 unspecified atom stereocenters. The number of nitro benzene ring substituents is 1. The minimum absolute atomic E-state index is 0.219. The van der Waals surface area contributed by atoms with E-state index >= 15 is 0 Å². The molecule has 0 radical (unpaired) electrons. The van der Waals surface area contributed by atoms with E-state index in [0.717, 1.165) is 29.5 Å². The Labute approximate surface area is 96.0 Å². The van der Waals surface area contributed by atoms with E-state index in [2.05, 4.69) is 21.2 Å². The van der Waals surface area contributed by atoms with Crippen molar-refractivity contribution in [2.75, 3.05) is 13.1 Å². The van der Waals surface area contributed by atoms with Crippen molar-refractivity contribution >= 4 is 21.6 Å². The third-order valence-corrected chi connectivity index (χ3v) is 3.11. The van der Waals surface area contributed by atoms with Gasteiger partial charge in [-0.25, -0.2) is 0 Å². The Morgan fingerprint density at radius 2 is 2.27 bits per heavy atom. The van der Waals surface area contributed by atoms with Gasteiger partial charge in [-0.2, -0.15) is 0 Å². The van der Waals surface area contributed by atoms with E-state index in [1.807, 2.05) is 12.1 Å². The highest BCUT2D eigenvalue weighted by molar-refractivity contribution is 9.10. The van der Waals surface area contributed by atoms with Crippen molar-refractivity contribution in [3.8, 4) is 0 Å². The number of halogens is 1. The summed E-state index contributed by atoms with van der Waals surface area (Å²) >= 11 is 3.25. The Balaban J connectivity index is 2.23. The number of benzene rings is 1. The summed E-state index contributed by atoms with van der Waals surface area (Å²) in [4.78, 5) is 10.5. The van der Waals surface area contributed by atoms with Gasteiger partial charge >= 0.3 is 0 Å². The highest BCUT2D eigenvalue weighted by Crippen LogP contribution is 2.26. The predicted octanol–water partition coefficient (Wildman–Crippen LogP) is 2.12. The lowest BCUT2D eigenvalue weighted by atomic mass is 9.93. The van der Waals surface area contributed by atoms with E-state index in [1.54, 1.807) is 6.07 Å². The predicted molar refractivity (Wildman–Crippen MR) is 60.9 cm³/mol. The number of nitro groups is 1. The number of nitrogens with one attached hydrogen (secondary N) is 1. The Morgan fingerprint density at radius 1 is 1.53 bits per heavy atom. The van der Waals surface area contributed by atoms with Crippen LogP contribution in [0.5, 0.6) is 0 Å². The molecule has 1 N–H and O–H groups in total. The second-order valence-electron chi connectivity index (χ2n) is 3.76. The molecule has 1 aromatic carbocycles. The first-order chi connectivity index (χ1) is 7.16. The van der Waals surface area contributed by atoms with Crippen LogP contribution < -0.4 is 5.32 Å². The molecule has 80 valence electrons. The fourth-order valence-electron chi connectivity index (χ4n) is 1.68. The van der Waals surface area contributed by atoms with Crippen LogP contribution in [-0.4, -0.2) is 18.0 Å². The second kappa shape index (κ2) is 4.28. The van der Waals surface area contributed by atoms with Crippen LogP contribution in [0, 0.1) is 16.0 Å². The number of nitrogens with zero attached hydrogens (tertiary/aromatic N) is 1. The topological polar surface area (TPSA) is 55.2 Å². The van der Waals surface area contributed by atoms with Crippen molar-refractivity contribution in [2.45, 2.75) is 6.42 Å². The van der Waals surface area contributed by atoms with E-state index in [9.17, 15) is 10.1 Å². The number of hydrogen-bond donors (Lipinski definition) is 1. The zero-order valence-electron chi connectivity index (χ0n) is 8.07. The third-order valence-electron chi connectivity index (χ3n) is 2.62. The molecular formula is C10H11BrN2O2. The van der Waals surface area contributed by atoms with Crippen LogP contribution in [0.3, 0.4) is 0 Å². The van der Waals surface area contributed by atoms with Gasteiger partial charge in [-0.15, -0.1) is 0 Å². The summed E-state index contributed by atoms with van der Waals surface area (Å²) in [5, 5.41) is 14.0. The maximum atomic E-state index is 10.8. The van der Waals surface area contributed by atoms with Crippen LogP contribution in [-0.2, 0) is 6.42 Å². The number of rotatable bonds is 3. The first kappa shape index (κ1) is 10.6.